The van der Waals surface area contributed by atoms with Gasteiger partial charge in [0.15, 0.2) is 0 Å². The van der Waals surface area contributed by atoms with Crippen LogP contribution in [0.2, 0.25) is 0 Å². The van der Waals surface area contributed by atoms with Gasteiger partial charge in [-0.05, 0) is 24.5 Å². The molecule has 0 amide bonds. The molecule has 3 nitrogen and oxygen atoms in total. The van der Waals surface area contributed by atoms with E-state index in [2.05, 4.69) is 4.98 Å². The van der Waals surface area contributed by atoms with Crippen molar-refractivity contribution in [3.8, 4) is 0 Å². The van der Waals surface area contributed by atoms with Crippen molar-refractivity contribution in [1.82, 2.24) is 4.98 Å². The summed E-state index contributed by atoms with van der Waals surface area (Å²) in [7, 11) is 0. The topological polar surface area (TPSA) is 42.4 Å². The summed E-state index contributed by atoms with van der Waals surface area (Å²) in [4.78, 5) is 4.00. The van der Waals surface area contributed by atoms with Gasteiger partial charge in [0.2, 0.25) is 0 Å². The van der Waals surface area contributed by atoms with Crippen molar-refractivity contribution in [1.29, 1.82) is 0 Å². The second-order valence-corrected chi connectivity index (χ2v) is 2.80. The van der Waals surface area contributed by atoms with Gasteiger partial charge in [-0.1, -0.05) is 6.07 Å². The lowest BCUT2D eigenvalue weighted by molar-refractivity contribution is 0.118. The zero-order valence-electron chi connectivity index (χ0n) is 7.65. The summed E-state index contributed by atoms with van der Waals surface area (Å²) in [6.07, 6.45) is 5.21. The number of ether oxygens (including phenoxy) is 1. The van der Waals surface area contributed by atoms with Crippen molar-refractivity contribution >= 4 is 0 Å². The maximum Gasteiger partial charge on any atom is 0.0507 e. The van der Waals surface area contributed by atoms with Gasteiger partial charge in [-0.2, -0.15) is 0 Å². The second kappa shape index (κ2) is 6.57. The smallest absolute Gasteiger partial charge is 0.0507 e. The molecule has 1 aromatic rings. The normalized spacial score (nSPS) is 10.2. The Morgan fingerprint density at radius 1 is 1.38 bits per heavy atom. The van der Waals surface area contributed by atoms with Crippen LogP contribution in [0.5, 0.6) is 0 Å². The lowest BCUT2D eigenvalue weighted by Gasteiger charge is -2.02. The molecule has 0 radical (unpaired) electrons. The van der Waals surface area contributed by atoms with Crippen LogP contribution in [0.4, 0.5) is 0 Å². The largest absolute Gasteiger partial charge is 0.396 e. The standard InChI is InChI=1S/C10H15NO2/c12-6-2-7-13-8-4-10-3-1-5-11-9-10/h1,3,5,9,12H,2,4,6-8H2. The average Bonchev–Trinajstić information content (AvgIpc) is 2.19. The Bertz CT molecular complexity index is 213. The van der Waals surface area contributed by atoms with E-state index < -0.39 is 0 Å². The van der Waals surface area contributed by atoms with E-state index >= 15 is 0 Å². The van der Waals surface area contributed by atoms with Gasteiger partial charge < -0.3 is 9.84 Å². The fourth-order valence-corrected chi connectivity index (χ4v) is 1.00. The van der Waals surface area contributed by atoms with Gasteiger partial charge in [-0.25, -0.2) is 0 Å². The number of pyridine rings is 1. The van der Waals surface area contributed by atoms with E-state index in [1.807, 2.05) is 18.3 Å². The summed E-state index contributed by atoms with van der Waals surface area (Å²) in [6.45, 7) is 1.54. The highest BCUT2D eigenvalue weighted by atomic mass is 16.5. The molecule has 1 rings (SSSR count). The van der Waals surface area contributed by atoms with Gasteiger partial charge in [0.05, 0.1) is 6.61 Å². The average molecular weight is 181 g/mol. The van der Waals surface area contributed by atoms with Crippen LogP contribution >= 0.6 is 0 Å². The Hall–Kier alpha value is -0.930. The Labute approximate surface area is 78.4 Å². The van der Waals surface area contributed by atoms with Crippen LogP contribution in [-0.2, 0) is 11.2 Å². The van der Waals surface area contributed by atoms with E-state index in [0.717, 1.165) is 6.42 Å². The lowest BCUT2D eigenvalue weighted by atomic mass is 10.2. The van der Waals surface area contributed by atoms with Crippen molar-refractivity contribution in [2.24, 2.45) is 0 Å². The molecule has 0 aromatic carbocycles. The van der Waals surface area contributed by atoms with Crippen molar-refractivity contribution in [3.63, 3.8) is 0 Å². The molecule has 0 spiro atoms. The number of rotatable bonds is 6. The van der Waals surface area contributed by atoms with Gasteiger partial charge in [0.25, 0.3) is 0 Å². The number of hydrogen-bond donors (Lipinski definition) is 1. The zero-order valence-corrected chi connectivity index (χ0v) is 7.65. The van der Waals surface area contributed by atoms with Crippen molar-refractivity contribution in [2.75, 3.05) is 19.8 Å². The molecule has 0 unspecified atom stereocenters. The third-order valence-corrected chi connectivity index (χ3v) is 1.70. The molecule has 0 aliphatic carbocycles. The molecule has 0 saturated carbocycles. The maximum absolute atomic E-state index is 8.49. The van der Waals surface area contributed by atoms with E-state index in [0.29, 0.717) is 19.6 Å². The summed E-state index contributed by atoms with van der Waals surface area (Å²) in [5.74, 6) is 0. The second-order valence-electron chi connectivity index (χ2n) is 2.80. The van der Waals surface area contributed by atoms with Crippen LogP contribution in [-0.4, -0.2) is 29.9 Å². The van der Waals surface area contributed by atoms with Crippen LogP contribution in [0.3, 0.4) is 0 Å². The first kappa shape index (κ1) is 10.2. The Balaban J connectivity index is 2.07. The predicted molar refractivity (Wildman–Crippen MR) is 50.5 cm³/mol. The monoisotopic (exact) mass is 181 g/mol. The van der Waals surface area contributed by atoms with Crippen LogP contribution in [0.25, 0.3) is 0 Å². The van der Waals surface area contributed by atoms with E-state index in [-0.39, 0.29) is 6.61 Å². The molecule has 72 valence electrons. The minimum Gasteiger partial charge on any atom is -0.396 e. The lowest BCUT2D eigenvalue weighted by Crippen LogP contribution is -2.01. The first-order valence-electron chi connectivity index (χ1n) is 4.51. The molecule has 1 aromatic heterocycles. The van der Waals surface area contributed by atoms with Crippen LogP contribution in [0.15, 0.2) is 24.5 Å². The van der Waals surface area contributed by atoms with E-state index in [1.54, 1.807) is 6.20 Å². The minimum absolute atomic E-state index is 0.201. The highest BCUT2D eigenvalue weighted by Crippen LogP contribution is 1.97. The first-order chi connectivity index (χ1) is 6.43. The van der Waals surface area contributed by atoms with Crippen LogP contribution in [0.1, 0.15) is 12.0 Å². The minimum atomic E-state index is 0.201. The highest BCUT2D eigenvalue weighted by molar-refractivity contribution is 5.08. The molecular formula is C10H15NO2. The fourth-order valence-electron chi connectivity index (χ4n) is 1.00. The molecule has 0 fully saturated rings. The van der Waals surface area contributed by atoms with Crippen molar-refractivity contribution in [2.45, 2.75) is 12.8 Å². The number of aliphatic hydroxyl groups excluding tert-OH is 1. The van der Waals surface area contributed by atoms with Crippen molar-refractivity contribution in [3.05, 3.63) is 30.1 Å². The number of aromatic nitrogens is 1. The number of nitrogens with zero attached hydrogens (tertiary/aromatic N) is 1. The van der Waals surface area contributed by atoms with E-state index in [4.69, 9.17) is 9.84 Å². The maximum atomic E-state index is 8.49. The Morgan fingerprint density at radius 3 is 3.00 bits per heavy atom. The van der Waals surface area contributed by atoms with E-state index in [9.17, 15) is 0 Å². The summed E-state index contributed by atoms with van der Waals surface area (Å²) >= 11 is 0. The molecule has 0 saturated heterocycles. The fraction of sp³-hybridized carbons (Fsp3) is 0.500. The summed E-state index contributed by atoms with van der Waals surface area (Å²) in [5.41, 5.74) is 1.19. The van der Waals surface area contributed by atoms with Gasteiger partial charge in [0, 0.05) is 25.6 Å². The van der Waals surface area contributed by atoms with Gasteiger partial charge in [0.1, 0.15) is 0 Å². The Kier molecular flexibility index (Phi) is 5.13. The third-order valence-electron chi connectivity index (χ3n) is 1.70. The molecule has 13 heavy (non-hydrogen) atoms. The third kappa shape index (κ3) is 4.60. The molecule has 1 N–H and O–H groups in total. The molecular weight excluding hydrogens is 166 g/mol. The summed E-state index contributed by atoms with van der Waals surface area (Å²) < 4.78 is 5.29. The van der Waals surface area contributed by atoms with Gasteiger partial charge in [-0.3, -0.25) is 4.98 Å². The SMILES string of the molecule is OCCCOCCc1cccnc1. The van der Waals surface area contributed by atoms with Gasteiger partial charge >= 0.3 is 0 Å². The van der Waals surface area contributed by atoms with Crippen LogP contribution < -0.4 is 0 Å². The highest BCUT2D eigenvalue weighted by Gasteiger charge is 1.92. The molecule has 0 aliphatic heterocycles. The van der Waals surface area contributed by atoms with Gasteiger partial charge in [-0.15, -0.1) is 0 Å². The number of hydrogen-bond acceptors (Lipinski definition) is 3. The predicted octanol–water partition coefficient (Wildman–Crippen LogP) is 1.02. The molecule has 1 heterocycles. The molecule has 0 atom stereocenters. The van der Waals surface area contributed by atoms with Crippen LogP contribution in [0, 0.1) is 0 Å². The molecule has 3 heteroatoms. The summed E-state index contributed by atoms with van der Waals surface area (Å²) in [5, 5.41) is 8.49. The number of aliphatic hydroxyl groups is 1. The molecule has 0 bridgehead atoms. The first-order valence-corrected chi connectivity index (χ1v) is 4.51. The Morgan fingerprint density at radius 2 is 2.31 bits per heavy atom. The summed E-state index contributed by atoms with van der Waals surface area (Å²) in [6, 6.07) is 3.95. The quantitative estimate of drug-likeness (QED) is 0.666. The zero-order chi connectivity index (χ0) is 9.36. The van der Waals surface area contributed by atoms with Crippen molar-refractivity contribution < 1.29 is 9.84 Å². The van der Waals surface area contributed by atoms with E-state index in [1.165, 1.54) is 5.56 Å². The molecule has 0 aliphatic rings.